The monoisotopic (exact) mass is 307 g/mol. The second kappa shape index (κ2) is 7.75. The van der Waals surface area contributed by atoms with Gasteiger partial charge >= 0.3 is 0 Å². The molecule has 0 aliphatic heterocycles. The fourth-order valence-electron chi connectivity index (χ4n) is 2.70. The summed E-state index contributed by atoms with van der Waals surface area (Å²) in [5.74, 6) is 1.41. The van der Waals surface area contributed by atoms with Gasteiger partial charge in [0.05, 0.1) is 25.4 Å². The highest BCUT2D eigenvalue weighted by Gasteiger charge is 2.28. The Morgan fingerprint density at radius 1 is 1.32 bits per heavy atom. The Kier molecular flexibility index (Phi) is 6.57. The Morgan fingerprint density at radius 2 is 1.95 bits per heavy atom. The lowest BCUT2D eigenvalue weighted by molar-refractivity contribution is -0.114. The number of hydrogen-bond donors (Lipinski definition) is 1. The van der Waals surface area contributed by atoms with Crippen molar-refractivity contribution in [2.45, 2.75) is 52.2 Å². The van der Waals surface area contributed by atoms with E-state index < -0.39 is 5.54 Å². The average molecular weight is 307 g/mol. The Morgan fingerprint density at radius 3 is 2.45 bits per heavy atom. The standard InChI is InChI=1S/C18H29NO3/c1-12(2)17(14(4)22-11-18(5,19)10-20)15-8-7-13(3)9-16(15)21-6/h7-10,12,14,17H,11,19H2,1-6H3/t14-,17+,18-/m0/s1. The zero-order valence-electron chi connectivity index (χ0n) is 14.6. The number of nitrogens with two attached hydrogens (primary N) is 1. The van der Waals surface area contributed by atoms with Crippen molar-refractivity contribution in [1.29, 1.82) is 0 Å². The fraction of sp³-hybridized carbons (Fsp3) is 0.611. The van der Waals surface area contributed by atoms with E-state index in [0.717, 1.165) is 23.2 Å². The molecule has 0 spiro atoms. The molecule has 0 amide bonds. The maximum absolute atomic E-state index is 10.9. The van der Waals surface area contributed by atoms with Gasteiger partial charge in [-0.2, -0.15) is 0 Å². The summed E-state index contributed by atoms with van der Waals surface area (Å²) in [6, 6.07) is 6.22. The van der Waals surface area contributed by atoms with Crippen molar-refractivity contribution in [3.8, 4) is 5.75 Å². The van der Waals surface area contributed by atoms with Crippen LogP contribution in [0.25, 0.3) is 0 Å². The molecule has 1 rings (SSSR count). The minimum absolute atomic E-state index is 0.0700. The van der Waals surface area contributed by atoms with E-state index >= 15 is 0 Å². The molecular formula is C18H29NO3. The van der Waals surface area contributed by atoms with E-state index in [-0.39, 0.29) is 18.6 Å². The molecule has 0 saturated carbocycles. The Labute approximate surface area is 134 Å². The van der Waals surface area contributed by atoms with Crippen LogP contribution in [0.1, 0.15) is 44.7 Å². The number of carbonyl (C=O) groups excluding carboxylic acids is 1. The summed E-state index contributed by atoms with van der Waals surface area (Å²) in [4.78, 5) is 10.9. The smallest absolute Gasteiger partial charge is 0.141 e. The number of hydrogen-bond acceptors (Lipinski definition) is 4. The molecule has 1 aromatic carbocycles. The van der Waals surface area contributed by atoms with Crippen LogP contribution in [0, 0.1) is 12.8 Å². The average Bonchev–Trinajstić information content (AvgIpc) is 2.46. The second-order valence-corrected chi connectivity index (χ2v) is 6.65. The Hall–Kier alpha value is -1.39. The van der Waals surface area contributed by atoms with E-state index in [0.29, 0.717) is 5.92 Å². The van der Waals surface area contributed by atoms with Gasteiger partial charge in [0.25, 0.3) is 0 Å². The summed E-state index contributed by atoms with van der Waals surface area (Å²) in [5.41, 5.74) is 7.17. The molecule has 4 heteroatoms. The van der Waals surface area contributed by atoms with E-state index in [1.165, 1.54) is 0 Å². The predicted molar refractivity (Wildman–Crippen MR) is 89.4 cm³/mol. The van der Waals surface area contributed by atoms with Gasteiger partial charge in [0, 0.05) is 11.5 Å². The van der Waals surface area contributed by atoms with Crippen LogP contribution in [-0.4, -0.2) is 31.6 Å². The molecule has 0 unspecified atom stereocenters. The molecule has 0 fully saturated rings. The molecule has 0 aromatic heterocycles. The number of carbonyl (C=O) groups is 1. The molecule has 0 heterocycles. The molecule has 22 heavy (non-hydrogen) atoms. The van der Waals surface area contributed by atoms with Gasteiger partial charge in [0.15, 0.2) is 0 Å². The van der Waals surface area contributed by atoms with E-state index in [9.17, 15) is 4.79 Å². The molecule has 3 atom stereocenters. The molecular weight excluding hydrogens is 278 g/mol. The molecule has 124 valence electrons. The quantitative estimate of drug-likeness (QED) is 0.750. The van der Waals surface area contributed by atoms with Crippen LogP contribution in [0.2, 0.25) is 0 Å². The van der Waals surface area contributed by atoms with Gasteiger partial charge in [-0.05, 0) is 38.3 Å². The minimum atomic E-state index is -0.951. The van der Waals surface area contributed by atoms with Crippen molar-refractivity contribution in [2.75, 3.05) is 13.7 Å². The van der Waals surface area contributed by atoms with Crippen LogP contribution in [0.3, 0.4) is 0 Å². The van der Waals surface area contributed by atoms with Crippen LogP contribution in [0.5, 0.6) is 5.75 Å². The first kappa shape index (κ1) is 18.7. The second-order valence-electron chi connectivity index (χ2n) is 6.65. The van der Waals surface area contributed by atoms with Gasteiger partial charge < -0.3 is 20.0 Å². The van der Waals surface area contributed by atoms with Gasteiger partial charge in [0.2, 0.25) is 0 Å². The van der Waals surface area contributed by atoms with Crippen molar-refractivity contribution < 1.29 is 14.3 Å². The van der Waals surface area contributed by atoms with E-state index in [1.807, 2.05) is 19.9 Å². The van der Waals surface area contributed by atoms with Gasteiger partial charge in [0.1, 0.15) is 12.0 Å². The van der Waals surface area contributed by atoms with Gasteiger partial charge in [-0.25, -0.2) is 0 Å². The summed E-state index contributed by atoms with van der Waals surface area (Å²) in [5, 5.41) is 0. The molecule has 0 aliphatic rings. The van der Waals surface area contributed by atoms with Crippen LogP contribution >= 0.6 is 0 Å². The molecule has 0 radical (unpaired) electrons. The molecule has 2 N–H and O–H groups in total. The third-order valence-corrected chi connectivity index (χ3v) is 3.90. The van der Waals surface area contributed by atoms with E-state index in [2.05, 4.69) is 26.0 Å². The lowest BCUT2D eigenvalue weighted by atomic mass is 9.83. The SMILES string of the molecule is COc1cc(C)ccc1[C@H](C(C)C)[C@H](C)OC[C@@](C)(N)C=O. The largest absolute Gasteiger partial charge is 0.496 e. The summed E-state index contributed by atoms with van der Waals surface area (Å²) in [6.07, 6.45) is 0.663. The highest BCUT2D eigenvalue weighted by molar-refractivity contribution is 5.63. The fourth-order valence-corrected chi connectivity index (χ4v) is 2.70. The zero-order chi connectivity index (χ0) is 16.9. The normalized spacial score (nSPS) is 16.9. The first-order valence-corrected chi connectivity index (χ1v) is 7.73. The first-order chi connectivity index (χ1) is 10.2. The third-order valence-electron chi connectivity index (χ3n) is 3.90. The molecule has 4 nitrogen and oxygen atoms in total. The van der Waals surface area contributed by atoms with E-state index in [4.69, 9.17) is 15.2 Å². The number of aryl methyl sites for hydroxylation is 1. The van der Waals surface area contributed by atoms with E-state index in [1.54, 1.807) is 14.0 Å². The first-order valence-electron chi connectivity index (χ1n) is 7.73. The summed E-state index contributed by atoms with van der Waals surface area (Å²) in [6.45, 7) is 10.3. The summed E-state index contributed by atoms with van der Waals surface area (Å²) >= 11 is 0. The van der Waals surface area contributed by atoms with Gasteiger partial charge in [-0.3, -0.25) is 0 Å². The maximum Gasteiger partial charge on any atom is 0.141 e. The number of methoxy groups -OCH3 is 1. The van der Waals surface area contributed by atoms with Crippen LogP contribution in [0.4, 0.5) is 0 Å². The van der Waals surface area contributed by atoms with Gasteiger partial charge in [-0.1, -0.05) is 26.0 Å². The third kappa shape index (κ3) is 4.82. The highest BCUT2D eigenvalue weighted by Crippen LogP contribution is 2.36. The van der Waals surface area contributed by atoms with Crippen molar-refractivity contribution in [1.82, 2.24) is 0 Å². The Balaban J connectivity index is 3.01. The predicted octanol–water partition coefficient (Wildman–Crippen LogP) is 3.06. The topological polar surface area (TPSA) is 61.6 Å². The molecule has 1 aromatic rings. The Bertz CT molecular complexity index is 497. The minimum Gasteiger partial charge on any atom is -0.496 e. The maximum atomic E-state index is 10.9. The van der Waals surface area contributed by atoms with Crippen LogP contribution in [0.15, 0.2) is 18.2 Å². The number of rotatable bonds is 8. The van der Waals surface area contributed by atoms with Crippen LogP contribution in [-0.2, 0) is 9.53 Å². The van der Waals surface area contributed by atoms with Crippen LogP contribution < -0.4 is 10.5 Å². The highest BCUT2D eigenvalue weighted by atomic mass is 16.5. The summed E-state index contributed by atoms with van der Waals surface area (Å²) < 4.78 is 11.4. The molecule has 0 saturated heterocycles. The lowest BCUT2D eigenvalue weighted by Crippen LogP contribution is -2.44. The number of aldehydes is 1. The van der Waals surface area contributed by atoms with Gasteiger partial charge in [-0.15, -0.1) is 0 Å². The number of ether oxygens (including phenoxy) is 2. The number of benzene rings is 1. The van der Waals surface area contributed by atoms with Crippen molar-refractivity contribution >= 4 is 6.29 Å². The molecule has 0 aliphatic carbocycles. The lowest BCUT2D eigenvalue weighted by Gasteiger charge is -2.31. The molecule has 0 bridgehead atoms. The van der Waals surface area contributed by atoms with Crippen molar-refractivity contribution in [2.24, 2.45) is 11.7 Å². The van der Waals surface area contributed by atoms with Crippen molar-refractivity contribution in [3.63, 3.8) is 0 Å². The van der Waals surface area contributed by atoms with Crippen molar-refractivity contribution in [3.05, 3.63) is 29.3 Å². The summed E-state index contributed by atoms with van der Waals surface area (Å²) in [7, 11) is 1.69. The zero-order valence-corrected chi connectivity index (χ0v) is 14.6.